The Morgan fingerprint density at radius 1 is 1.17 bits per heavy atom. The zero-order valence-corrected chi connectivity index (χ0v) is 14.0. The third kappa shape index (κ3) is 2.71. The Morgan fingerprint density at radius 2 is 2.00 bits per heavy atom. The van der Waals surface area contributed by atoms with Crippen LogP contribution >= 0.6 is 0 Å². The molecule has 2 aliphatic heterocycles. The third-order valence-electron chi connectivity index (χ3n) is 4.91. The molecular formula is C18H23N5O. The molecular weight excluding hydrogens is 302 g/mol. The van der Waals surface area contributed by atoms with Gasteiger partial charge in [-0.05, 0) is 31.4 Å². The summed E-state index contributed by atoms with van der Waals surface area (Å²) in [7, 11) is 0. The van der Waals surface area contributed by atoms with Gasteiger partial charge in [0.15, 0.2) is 5.82 Å². The molecule has 0 unspecified atom stereocenters. The van der Waals surface area contributed by atoms with Gasteiger partial charge in [0, 0.05) is 25.2 Å². The molecule has 0 radical (unpaired) electrons. The maximum absolute atomic E-state index is 12.8. The van der Waals surface area contributed by atoms with Gasteiger partial charge in [0.25, 0.3) is 0 Å². The maximum Gasteiger partial charge on any atom is 0.244 e. The molecule has 2 aromatic rings. The molecule has 2 atom stereocenters. The van der Waals surface area contributed by atoms with Gasteiger partial charge in [-0.1, -0.05) is 25.1 Å². The summed E-state index contributed by atoms with van der Waals surface area (Å²) in [5.41, 5.74) is 0.979. The van der Waals surface area contributed by atoms with E-state index in [1.807, 2.05) is 39.9 Å². The molecule has 1 aromatic carbocycles. The van der Waals surface area contributed by atoms with Gasteiger partial charge in [0.05, 0.1) is 12.1 Å². The average molecular weight is 325 g/mol. The van der Waals surface area contributed by atoms with Crippen molar-refractivity contribution in [2.75, 3.05) is 11.4 Å². The minimum Gasteiger partial charge on any atom is -0.311 e. The summed E-state index contributed by atoms with van der Waals surface area (Å²) >= 11 is 0. The quantitative estimate of drug-likeness (QED) is 0.935. The Kier molecular flexibility index (Phi) is 4.06. The van der Waals surface area contributed by atoms with Crippen molar-refractivity contribution in [3.05, 3.63) is 42.0 Å². The van der Waals surface area contributed by atoms with Gasteiger partial charge in [0.2, 0.25) is 5.91 Å². The molecule has 126 valence electrons. The number of carbonyl (C=O) groups is 1. The van der Waals surface area contributed by atoms with Gasteiger partial charge in [0.1, 0.15) is 5.82 Å². The first kappa shape index (κ1) is 15.3. The van der Waals surface area contributed by atoms with Crippen LogP contribution in [0.15, 0.2) is 30.3 Å². The highest BCUT2D eigenvalue weighted by Crippen LogP contribution is 2.27. The van der Waals surface area contributed by atoms with Gasteiger partial charge >= 0.3 is 0 Å². The summed E-state index contributed by atoms with van der Waals surface area (Å²) in [4.78, 5) is 19.3. The fourth-order valence-electron chi connectivity index (χ4n) is 3.65. The van der Waals surface area contributed by atoms with E-state index in [1.54, 1.807) is 0 Å². The van der Waals surface area contributed by atoms with Crippen LogP contribution in [0.1, 0.15) is 43.9 Å². The average Bonchev–Trinajstić information content (AvgIpc) is 3.20. The lowest BCUT2D eigenvalue weighted by molar-refractivity contribution is -0.119. The van der Waals surface area contributed by atoms with E-state index < -0.39 is 0 Å². The van der Waals surface area contributed by atoms with Gasteiger partial charge in [-0.15, -0.1) is 0 Å². The zero-order valence-electron chi connectivity index (χ0n) is 14.0. The minimum absolute atomic E-state index is 0.122. The van der Waals surface area contributed by atoms with Crippen molar-refractivity contribution in [3.63, 3.8) is 0 Å². The largest absolute Gasteiger partial charge is 0.311 e. The van der Waals surface area contributed by atoms with Crippen LogP contribution in [0, 0.1) is 0 Å². The first-order valence-corrected chi connectivity index (χ1v) is 8.82. The SMILES string of the molecule is CCc1nc2n(n1)CCC[C@H]2N[C@@H]1CCN(c2ccccc2)C1=O. The molecule has 2 aliphatic rings. The molecule has 1 saturated heterocycles. The van der Waals surface area contributed by atoms with E-state index in [0.29, 0.717) is 0 Å². The number of rotatable bonds is 4. The van der Waals surface area contributed by atoms with Crippen LogP contribution in [0.3, 0.4) is 0 Å². The summed E-state index contributed by atoms with van der Waals surface area (Å²) in [6.45, 7) is 3.76. The summed E-state index contributed by atoms with van der Waals surface area (Å²) < 4.78 is 2.01. The molecule has 3 heterocycles. The molecule has 1 aromatic heterocycles. The van der Waals surface area contributed by atoms with Crippen molar-refractivity contribution in [2.45, 2.75) is 51.2 Å². The standard InChI is InChI=1S/C18H23N5O/c1-2-16-20-17-14(9-6-11-23(17)21-16)19-15-10-12-22(18(15)24)13-7-4-3-5-8-13/h3-5,7-8,14-15,19H,2,6,9-12H2,1H3/t14-,15-/m1/s1. The molecule has 1 fully saturated rings. The molecule has 0 bridgehead atoms. The Morgan fingerprint density at radius 3 is 2.79 bits per heavy atom. The highest BCUT2D eigenvalue weighted by atomic mass is 16.2. The summed E-state index contributed by atoms with van der Waals surface area (Å²) in [6, 6.07) is 9.88. The first-order valence-electron chi connectivity index (χ1n) is 8.82. The van der Waals surface area contributed by atoms with Gasteiger partial charge in [-0.3, -0.25) is 10.1 Å². The fraction of sp³-hybridized carbons (Fsp3) is 0.500. The molecule has 0 spiro atoms. The number of aryl methyl sites for hydroxylation is 2. The molecule has 4 rings (SSSR count). The predicted octanol–water partition coefficient (Wildman–Crippen LogP) is 2.07. The van der Waals surface area contributed by atoms with E-state index in [9.17, 15) is 4.79 Å². The van der Waals surface area contributed by atoms with Gasteiger partial charge in [-0.2, -0.15) is 5.10 Å². The number of nitrogens with zero attached hydrogens (tertiary/aromatic N) is 4. The summed E-state index contributed by atoms with van der Waals surface area (Å²) in [5, 5.41) is 8.09. The van der Waals surface area contributed by atoms with Crippen LogP contribution in [0.5, 0.6) is 0 Å². The smallest absolute Gasteiger partial charge is 0.244 e. The van der Waals surface area contributed by atoms with E-state index in [-0.39, 0.29) is 18.0 Å². The second-order valence-corrected chi connectivity index (χ2v) is 6.49. The molecule has 6 heteroatoms. The van der Waals surface area contributed by atoms with Crippen molar-refractivity contribution >= 4 is 11.6 Å². The summed E-state index contributed by atoms with van der Waals surface area (Å²) in [5.74, 6) is 2.04. The number of hydrogen-bond donors (Lipinski definition) is 1. The molecule has 0 saturated carbocycles. The fourth-order valence-corrected chi connectivity index (χ4v) is 3.65. The van der Waals surface area contributed by atoms with Crippen molar-refractivity contribution in [1.29, 1.82) is 0 Å². The number of carbonyl (C=O) groups excluding carboxylic acids is 1. The van der Waals surface area contributed by atoms with Crippen LogP contribution in [-0.2, 0) is 17.8 Å². The number of amides is 1. The van der Waals surface area contributed by atoms with E-state index in [0.717, 1.165) is 56.1 Å². The lowest BCUT2D eigenvalue weighted by Crippen LogP contribution is -2.42. The zero-order chi connectivity index (χ0) is 16.5. The summed E-state index contributed by atoms with van der Waals surface area (Å²) in [6.07, 6.45) is 3.76. The Balaban J connectivity index is 1.49. The number of aromatic nitrogens is 3. The Labute approximate surface area is 141 Å². The Bertz CT molecular complexity index is 726. The van der Waals surface area contributed by atoms with Crippen molar-refractivity contribution < 1.29 is 4.79 Å². The Hall–Kier alpha value is -2.21. The number of hydrogen-bond acceptors (Lipinski definition) is 4. The molecule has 6 nitrogen and oxygen atoms in total. The van der Waals surface area contributed by atoms with Crippen LogP contribution in [0.25, 0.3) is 0 Å². The van der Waals surface area contributed by atoms with E-state index in [1.165, 1.54) is 0 Å². The van der Waals surface area contributed by atoms with Crippen LogP contribution in [0.2, 0.25) is 0 Å². The topological polar surface area (TPSA) is 63.1 Å². The monoisotopic (exact) mass is 325 g/mol. The van der Waals surface area contributed by atoms with Gasteiger partial charge in [-0.25, -0.2) is 9.67 Å². The lowest BCUT2D eigenvalue weighted by Gasteiger charge is -2.26. The number of benzene rings is 1. The maximum atomic E-state index is 12.8. The first-order chi connectivity index (χ1) is 11.8. The normalized spacial score (nSPS) is 23.5. The van der Waals surface area contributed by atoms with Crippen molar-refractivity contribution in [2.24, 2.45) is 0 Å². The molecule has 24 heavy (non-hydrogen) atoms. The lowest BCUT2D eigenvalue weighted by atomic mass is 10.1. The van der Waals surface area contributed by atoms with Crippen molar-refractivity contribution in [3.8, 4) is 0 Å². The number of fused-ring (bicyclic) bond motifs is 1. The van der Waals surface area contributed by atoms with E-state index in [4.69, 9.17) is 0 Å². The molecule has 0 aliphatic carbocycles. The highest BCUT2D eigenvalue weighted by Gasteiger charge is 2.35. The third-order valence-corrected chi connectivity index (χ3v) is 4.91. The highest BCUT2D eigenvalue weighted by molar-refractivity contribution is 5.99. The minimum atomic E-state index is -0.136. The van der Waals surface area contributed by atoms with Crippen LogP contribution < -0.4 is 10.2 Å². The number of nitrogens with one attached hydrogen (secondary N) is 1. The second kappa shape index (κ2) is 6.36. The molecule has 1 amide bonds. The van der Waals surface area contributed by atoms with Crippen molar-refractivity contribution in [1.82, 2.24) is 20.1 Å². The van der Waals surface area contributed by atoms with E-state index >= 15 is 0 Å². The van der Waals surface area contributed by atoms with E-state index in [2.05, 4.69) is 22.3 Å². The number of para-hydroxylation sites is 1. The van der Waals surface area contributed by atoms with Crippen LogP contribution in [0.4, 0.5) is 5.69 Å². The molecule has 1 N–H and O–H groups in total. The number of anilines is 1. The predicted molar refractivity (Wildman–Crippen MR) is 91.7 cm³/mol. The van der Waals surface area contributed by atoms with Crippen LogP contribution in [-0.4, -0.2) is 33.3 Å². The second-order valence-electron chi connectivity index (χ2n) is 6.49. The van der Waals surface area contributed by atoms with Gasteiger partial charge < -0.3 is 4.90 Å².